The van der Waals surface area contributed by atoms with Crippen molar-refractivity contribution in [2.45, 2.75) is 12.8 Å². The van der Waals surface area contributed by atoms with Crippen molar-refractivity contribution in [3.05, 3.63) is 95.9 Å². The van der Waals surface area contributed by atoms with Crippen molar-refractivity contribution in [3.63, 3.8) is 0 Å². The topological polar surface area (TPSA) is 139 Å². The van der Waals surface area contributed by atoms with E-state index in [1.165, 1.54) is 6.20 Å². The fraction of sp³-hybridized carbons (Fsp3) is 0.107. The summed E-state index contributed by atoms with van der Waals surface area (Å²) in [5.41, 5.74) is 9.23. The zero-order chi connectivity index (χ0) is 26.2. The van der Waals surface area contributed by atoms with Crippen molar-refractivity contribution in [1.29, 1.82) is 0 Å². The minimum atomic E-state index is -0.355. The number of amides is 2. The van der Waals surface area contributed by atoms with Gasteiger partial charge >= 0.3 is 0 Å². The molecule has 0 saturated heterocycles. The molecule has 2 aromatic carbocycles. The standard InChI is InChI=1S/C28H26N8O2/c37-27(35-33-16-19-3-5-21-9-12-29-24(21)14-19)2-1-11-31-26-8-7-23(18-32-26)28(38)36-34-17-20-4-6-22-10-13-30-25(22)15-20/h3-10,12-18,29-30H,1-2,11H2,(H,31,32)(H,35,37)(H,36,38)/b33-16+,34-17+. The maximum atomic E-state index is 12.3. The summed E-state index contributed by atoms with van der Waals surface area (Å²) in [6.07, 6.45) is 9.35. The highest BCUT2D eigenvalue weighted by Gasteiger charge is 2.06. The van der Waals surface area contributed by atoms with Crippen LogP contribution < -0.4 is 16.2 Å². The number of hydrogen-bond donors (Lipinski definition) is 5. The van der Waals surface area contributed by atoms with E-state index in [4.69, 9.17) is 0 Å². The molecule has 0 bridgehead atoms. The number of carbonyl (C=O) groups is 2. The summed E-state index contributed by atoms with van der Waals surface area (Å²) in [6, 6.07) is 19.1. The lowest BCUT2D eigenvalue weighted by atomic mass is 10.2. The zero-order valence-electron chi connectivity index (χ0n) is 20.4. The van der Waals surface area contributed by atoms with Gasteiger partial charge < -0.3 is 15.3 Å². The maximum Gasteiger partial charge on any atom is 0.272 e. The molecule has 2 amide bonds. The number of carbonyl (C=O) groups excluding carboxylic acids is 2. The Bertz CT molecular complexity index is 1620. The monoisotopic (exact) mass is 506 g/mol. The van der Waals surface area contributed by atoms with E-state index in [1.54, 1.807) is 24.6 Å². The quantitative estimate of drug-likeness (QED) is 0.110. The molecule has 0 atom stereocenters. The molecule has 5 N–H and O–H groups in total. The molecule has 5 rings (SSSR count). The van der Waals surface area contributed by atoms with Crippen LogP contribution in [0, 0.1) is 0 Å². The molecule has 0 saturated carbocycles. The number of hydrogen-bond acceptors (Lipinski definition) is 6. The van der Waals surface area contributed by atoms with Gasteiger partial charge in [0, 0.05) is 42.6 Å². The second kappa shape index (κ2) is 11.7. The van der Waals surface area contributed by atoms with Crippen LogP contribution in [0.15, 0.2) is 89.5 Å². The number of benzene rings is 2. The van der Waals surface area contributed by atoms with E-state index in [-0.39, 0.29) is 11.8 Å². The minimum absolute atomic E-state index is 0.169. The first kappa shape index (κ1) is 24.4. The average molecular weight is 507 g/mol. The van der Waals surface area contributed by atoms with Gasteiger partial charge in [0.25, 0.3) is 5.91 Å². The van der Waals surface area contributed by atoms with Crippen LogP contribution in [0.5, 0.6) is 0 Å². The summed E-state index contributed by atoms with van der Waals surface area (Å²) in [6.45, 7) is 0.550. The molecule has 5 aromatic rings. The van der Waals surface area contributed by atoms with Crippen molar-refractivity contribution < 1.29 is 9.59 Å². The van der Waals surface area contributed by atoms with E-state index >= 15 is 0 Å². The molecule has 190 valence electrons. The SMILES string of the molecule is O=C(CCCNc1ccc(C(=O)N/N=C/c2ccc3cc[nH]c3c2)cn1)N/N=C/c1ccc2cc[nH]c2c1. The zero-order valence-corrected chi connectivity index (χ0v) is 20.4. The van der Waals surface area contributed by atoms with Gasteiger partial charge in [0.15, 0.2) is 0 Å². The molecule has 3 heterocycles. The Morgan fingerprint density at radius 3 is 2.11 bits per heavy atom. The smallest absolute Gasteiger partial charge is 0.272 e. The second-order valence-corrected chi connectivity index (χ2v) is 8.60. The summed E-state index contributed by atoms with van der Waals surface area (Å²) >= 11 is 0. The van der Waals surface area contributed by atoms with E-state index in [9.17, 15) is 9.59 Å². The Balaban J connectivity index is 1.00. The summed E-state index contributed by atoms with van der Waals surface area (Å²) in [5, 5.41) is 13.4. The molecular weight excluding hydrogens is 480 g/mol. The summed E-state index contributed by atoms with van der Waals surface area (Å²) < 4.78 is 0. The fourth-order valence-corrected chi connectivity index (χ4v) is 3.85. The predicted molar refractivity (Wildman–Crippen MR) is 149 cm³/mol. The van der Waals surface area contributed by atoms with Crippen molar-refractivity contribution in [2.24, 2.45) is 10.2 Å². The number of rotatable bonds is 10. The molecule has 10 nitrogen and oxygen atoms in total. The van der Waals surface area contributed by atoms with Crippen LogP contribution in [-0.4, -0.2) is 45.7 Å². The molecule has 0 unspecified atom stereocenters. The number of H-pyrrole nitrogens is 2. The highest BCUT2D eigenvalue weighted by atomic mass is 16.2. The Kier molecular flexibility index (Phi) is 7.50. The fourth-order valence-electron chi connectivity index (χ4n) is 3.85. The normalized spacial score (nSPS) is 11.5. The third-order valence-electron chi connectivity index (χ3n) is 5.85. The summed E-state index contributed by atoms with van der Waals surface area (Å²) in [5.74, 6) is 0.0890. The lowest BCUT2D eigenvalue weighted by Crippen LogP contribution is -2.19. The van der Waals surface area contributed by atoms with E-state index in [2.05, 4.69) is 41.3 Å². The molecule has 3 aromatic heterocycles. The Labute approximate surface area is 218 Å². The molecule has 0 aliphatic rings. The number of hydrazone groups is 2. The van der Waals surface area contributed by atoms with Crippen LogP contribution in [0.1, 0.15) is 34.3 Å². The second-order valence-electron chi connectivity index (χ2n) is 8.60. The number of aromatic nitrogens is 3. The highest BCUT2D eigenvalue weighted by molar-refractivity contribution is 5.95. The van der Waals surface area contributed by atoms with Crippen LogP contribution >= 0.6 is 0 Å². The molecule has 0 radical (unpaired) electrons. The Morgan fingerprint density at radius 2 is 1.47 bits per heavy atom. The molecule has 38 heavy (non-hydrogen) atoms. The van der Waals surface area contributed by atoms with Crippen LogP contribution in [0.2, 0.25) is 0 Å². The van der Waals surface area contributed by atoms with Crippen LogP contribution in [0.25, 0.3) is 21.8 Å². The lowest BCUT2D eigenvalue weighted by molar-refractivity contribution is -0.121. The first-order valence-electron chi connectivity index (χ1n) is 12.1. The van der Waals surface area contributed by atoms with Gasteiger partial charge in [-0.2, -0.15) is 10.2 Å². The number of anilines is 1. The van der Waals surface area contributed by atoms with Gasteiger partial charge in [-0.25, -0.2) is 15.8 Å². The highest BCUT2D eigenvalue weighted by Crippen LogP contribution is 2.14. The van der Waals surface area contributed by atoms with Gasteiger partial charge in [0.1, 0.15) is 5.82 Å². The lowest BCUT2D eigenvalue weighted by Gasteiger charge is -2.06. The first-order chi connectivity index (χ1) is 18.6. The predicted octanol–water partition coefficient (Wildman–Crippen LogP) is 4.15. The number of nitrogens with zero attached hydrogens (tertiary/aromatic N) is 3. The van der Waals surface area contributed by atoms with Gasteiger partial charge in [-0.15, -0.1) is 0 Å². The van der Waals surface area contributed by atoms with Gasteiger partial charge in [-0.05, 0) is 64.7 Å². The number of aromatic amines is 2. The molecule has 0 aliphatic heterocycles. The van der Waals surface area contributed by atoms with Crippen molar-refractivity contribution in [2.75, 3.05) is 11.9 Å². The van der Waals surface area contributed by atoms with E-state index in [0.29, 0.717) is 30.8 Å². The Hall–Kier alpha value is -5.25. The van der Waals surface area contributed by atoms with Gasteiger partial charge in [0.2, 0.25) is 5.91 Å². The molecule has 10 heteroatoms. The summed E-state index contributed by atoms with van der Waals surface area (Å²) in [4.78, 5) is 34.9. The van der Waals surface area contributed by atoms with Crippen molar-refractivity contribution in [3.8, 4) is 0 Å². The average Bonchev–Trinajstić information content (AvgIpc) is 3.60. The van der Waals surface area contributed by atoms with Crippen LogP contribution in [-0.2, 0) is 4.79 Å². The minimum Gasteiger partial charge on any atom is -0.370 e. The van der Waals surface area contributed by atoms with E-state index < -0.39 is 0 Å². The third-order valence-corrected chi connectivity index (χ3v) is 5.85. The summed E-state index contributed by atoms with van der Waals surface area (Å²) in [7, 11) is 0. The molecule has 0 fully saturated rings. The van der Waals surface area contributed by atoms with Crippen molar-refractivity contribution >= 4 is 51.9 Å². The maximum absolute atomic E-state index is 12.3. The number of nitrogens with one attached hydrogen (secondary N) is 5. The van der Waals surface area contributed by atoms with Gasteiger partial charge in [0.05, 0.1) is 18.0 Å². The van der Waals surface area contributed by atoms with Crippen LogP contribution in [0.3, 0.4) is 0 Å². The third kappa shape index (κ3) is 6.30. The van der Waals surface area contributed by atoms with Gasteiger partial charge in [-0.1, -0.05) is 24.3 Å². The number of fused-ring (bicyclic) bond motifs is 2. The largest absolute Gasteiger partial charge is 0.370 e. The number of pyridine rings is 1. The Morgan fingerprint density at radius 1 is 0.816 bits per heavy atom. The molecular formula is C28H26N8O2. The molecule has 0 aliphatic carbocycles. The van der Waals surface area contributed by atoms with Crippen molar-refractivity contribution in [1.82, 2.24) is 25.8 Å². The molecule has 0 spiro atoms. The van der Waals surface area contributed by atoms with E-state index in [1.807, 2.05) is 60.9 Å². The van der Waals surface area contributed by atoms with Gasteiger partial charge in [-0.3, -0.25) is 9.59 Å². The first-order valence-corrected chi connectivity index (χ1v) is 12.1. The van der Waals surface area contributed by atoms with Crippen LogP contribution in [0.4, 0.5) is 5.82 Å². The van der Waals surface area contributed by atoms with E-state index in [0.717, 1.165) is 32.9 Å².